The van der Waals surface area contributed by atoms with Crippen LogP contribution in [-0.4, -0.2) is 22.7 Å². The fraction of sp³-hybridized carbons (Fsp3) is 0.111. The maximum absolute atomic E-state index is 13.1. The normalized spacial score (nSPS) is 9.88. The van der Waals surface area contributed by atoms with Crippen LogP contribution in [0.4, 0.5) is 13.2 Å². The highest BCUT2D eigenvalue weighted by molar-refractivity contribution is 6.00. The molecule has 0 amide bonds. The molecule has 2 N–H and O–H groups in total. The Bertz CT molecular complexity index is 508. The van der Waals surface area contributed by atoms with Gasteiger partial charge in [0, 0.05) is 0 Å². The minimum Gasteiger partial charge on any atom is -0.506 e. The number of hydrogen-bond donors (Lipinski definition) is 2. The number of hydrogen-bond acceptors (Lipinski definition) is 4. The maximum atomic E-state index is 13.1. The number of carbonyl (C=O) groups is 1. The molecule has 0 aromatic heterocycles. The molecule has 1 aromatic carbocycles. The summed E-state index contributed by atoms with van der Waals surface area (Å²) in [6.45, 7) is -1.67. The summed E-state index contributed by atoms with van der Waals surface area (Å²) in [4.78, 5) is 10.9. The van der Waals surface area contributed by atoms with Crippen molar-refractivity contribution in [3.05, 3.63) is 22.8 Å². The highest BCUT2D eigenvalue weighted by atomic mass is 19.2. The topological polar surface area (TPSA) is 81.3 Å². The van der Waals surface area contributed by atoms with E-state index in [-0.39, 0.29) is 0 Å². The summed E-state index contributed by atoms with van der Waals surface area (Å²) in [7, 11) is 0. The zero-order valence-corrected chi connectivity index (χ0v) is 7.59. The lowest BCUT2D eigenvalue weighted by atomic mass is 10.0. The van der Waals surface area contributed by atoms with E-state index in [1.807, 2.05) is 0 Å². The van der Waals surface area contributed by atoms with Gasteiger partial charge >= 0.3 is 0 Å². The van der Waals surface area contributed by atoms with E-state index in [1.165, 1.54) is 6.07 Å². The molecule has 0 unspecified atom stereocenters. The summed E-state index contributed by atoms with van der Waals surface area (Å²) < 4.78 is 38.0. The summed E-state index contributed by atoms with van der Waals surface area (Å²) in [5.41, 5.74) is -2.30. The van der Waals surface area contributed by atoms with Crippen molar-refractivity contribution in [3.63, 3.8) is 0 Å². The summed E-state index contributed by atoms with van der Waals surface area (Å²) in [6, 6.07) is 1.17. The Kier molecular flexibility index (Phi) is 3.04. The van der Waals surface area contributed by atoms with Gasteiger partial charge in [-0.2, -0.15) is 9.65 Å². The minimum absolute atomic E-state index is 1.02. The zero-order valence-electron chi connectivity index (χ0n) is 7.59. The fourth-order valence-electron chi connectivity index (χ4n) is 1.09. The monoisotopic (exact) mass is 231 g/mol. The van der Waals surface area contributed by atoms with Crippen LogP contribution in [0.15, 0.2) is 0 Å². The first-order valence-electron chi connectivity index (χ1n) is 3.87. The number of aromatic hydroxyl groups is 2. The Morgan fingerprint density at radius 2 is 1.81 bits per heavy atom. The summed E-state index contributed by atoms with van der Waals surface area (Å²) in [5.74, 6) is -8.00. The molecule has 0 radical (unpaired) electrons. The fourth-order valence-corrected chi connectivity index (χ4v) is 1.09. The van der Waals surface area contributed by atoms with Crippen LogP contribution in [0.3, 0.4) is 0 Å². The number of benzene rings is 1. The van der Waals surface area contributed by atoms with Crippen molar-refractivity contribution < 1.29 is 28.2 Å². The third-order valence-electron chi connectivity index (χ3n) is 1.84. The molecule has 0 heterocycles. The van der Waals surface area contributed by atoms with Gasteiger partial charge < -0.3 is 10.2 Å². The molecule has 0 saturated heterocycles. The Balaban J connectivity index is 3.70. The van der Waals surface area contributed by atoms with Gasteiger partial charge in [0.2, 0.25) is 11.6 Å². The molecule has 0 aliphatic heterocycles. The largest absolute Gasteiger partial charge is 0.506 e. The van der Waals surface area contributed by atoms with E-state index in [1.54, 1.807) is 0 Å². The van der Waals surface area contributed by atoms with Gasteiger partial charge in [0.1, 0.15) is 17.2 Å². The van der Waals surface area contributed by atoms with Crippen molar-refractivity contribution in [1.82, 2.24) is 0 Å². The second kappa shape index (κ2) is 4.10. The van der Waals surface area contributed by atoms with Gasteiger partial charge in [-0.15, -0.1) is 0 Å². The van der Waals surface area contributed by atoms with Crippen LogP contribution in [0.25, 0.3) is 0 Å². The molecule has 0 atom stereocenters. The molecule has 0 aliphatic carbocycles. The van der Waals surface area contributed by atoms with Crippen LogP contribution in [0.2, 0.25) is 0 Å². The molecular weight excluding hydrogens is 227 g/mol. The molecule has 0 saturated carbocycles. The Hall–Kier alpha value is -2.23. The van der Waals surface area contributed by atoms with Crippen molar-refractivity contribution in [2.45, 2.75) is 0 Å². The summed E-state index contributed by atoms with van der Waals surface area (Å²) in [5, 5.41) is 26.6. The van der Waals surface area contributed by atoms with Crippen molar-refractivity contribution >= 4 is 5.78 Å². The highest BCUT2D eigenvalue weighted by Crippen LogP contribution is 2.35. The number of carbonyl (C=O) groups excluding carboxylic acids is 1. The Morgan fingerprint density at radius 1 is 1.25 bits per heavy atom. The third-order valence-corrected chi connectivity index (χ3v) is 1.84. The van der Waals surface area contributed by atoms with Gasteiger partial charge in [-0.1, -0.05) is 0 Å². The molecule has 0 fully saturated rings. The predicted molar refractivity (Wildman–Crippen MR) is 44.7 cm³/mol. The van der Waals surface area contributed by atoms with Crippen molar-refractivity contribution in [2.75, 3.05) is 6.67 Å². The van der Waals surface area contributed by atoms with Crippen LogP contribution in [0.5, 0.6) is 11.5 Å². The molecule has 0 spiro atoms. The van der Waals surface area contributed by atoms with E-state index >= 15 is 0 Å². The van der Waals surface area contributed by atoms with Gasteiger partial charge in [-0.3, -0.25) is 4.79 Å². The van der Waals surface area contributed by atoms with Gasteiger partial charge in [-0.25, -0.2) is 8.78 Å². The average Bonchev–Trinajstić information content (AvgIpc) is 2.27. The first-order valence-corrected chi connectivity index (χ1v) is 3.87. The first kappa shape index (κ1) is 11.8. The molecule has 0 aliphatic rings. The number of rotatable bonds is 2. The van der Waals surface area contributed by atoms with E-state index < -0.39 is 46.7 Å². The van der Waals surface area contributed by atoms with Crippen molar-refractivity contribution in [2.24, 2.45) is 0 Å². The van der Waals surface area contributed by atoms with E-state index in [2.05, 4.69) is 0 Å². The molecular formula is C9H4F3NO3. The molecule has 0 bridgehead atoms. The Morgan fingerprint density at radius 3 is 2.25 bits per heavy atom. The summed E-state index contributed by atoms with van der Waals surface area (Å²) in [6.07, 6.45) is 0. The maximum Gasteiger partial charge on any atom is 0.202 e. The number of phenolic OH excluding ortho intramolecular Hbond substituents is 2. The number of nitriles is 1. The van der Waals surface area contributed by atoms with Gasteiger partial charge in [0.05, 0.1) is 0 Å². The molecule has 84 valence electrons. The van der Waals surface area contributed by atoms with Gasteiger partial charge in [0.15, 0.2) is 24.0 Å². The smallest absolute Gasteiger partial charge is 0.202 e. The lowest BCUT2D eigenvalue weighted by Gasteiger charge is -2.07. The molecule has 16 heavy (non-hydrogen) atoms. The molecule has 7 heteroatoms. The van der Waals surface area contributed by atoms with Gasteiger partial charge in [0.25, 0.3) is 0 Å². The van der Waals surface area contributed by atoms with Crippen LogP contribution in [-0.2, 0) is 0 Å². The lowest BCUT2D eigenvalue weighted by molar-refractivity contribution is 0.0950. The first-order chi connectivity index (χ1) is 7.45. The van der Waals surface area contributed by atoms with Crippen molar-refractivity contribution in [1.29, 1.82) is 5.26 Å². The van der Waals surface area contributed by atoms with Crippen LogP contribution >= 0.6 is 0 Å². The lowest BCUT2D eigenvalue weighted by Crippen LogP contribution is -2.08. The standard InChI is InChI=1S/C9H4F3NO3/c10-1-4(14)5-6(11)7(12)9(16)3(2-13)8(5)15/h15-16H,1H2. The minimum atomic E-state index is -1.89. The number of nitrogens with zero attached hydrogens (tertiary/aromatic N) is 1. The van der Waals surface area contributed by atoms with E-state index in [0.29, 0.717) is 0 Å². The number of alkyl halides is 1. The molecule has 1 rings (SSSR count). The van der Waals surface area contributed by atoms with Crippen LogP contribution in [0.1, 0.15) is 15.9 Å². The van der Waals surface area contributed by atoms with Crippen molar-refractivity contribution in [3.8, 4) is 17.6 Å². The highest BCUT2D eigenvalue weighted by Gasteiger charge is 2.28. The predicted octanol–water partition coefficient (Wildman–Crippen LogP) is 1.40. The van der Waals surface area contributed by atoms with Crippen LogP contribution < -0.4 is 0 Å². The average molecular weight is 231 g/mol. The molecule has 1 aromatic rings. The number of phenols is 2. The summed E-state index contributed by atoms with van der Waals surface area (Å²) >= 11 is 0. The SMILES string of the molecule is N#Cc1c(O)c(F)c(F)c(C(=O)CF)c1O. The van der Waals surface area contributed by atoms with E-state index in [9.17, 15) is 23.1 Å². The van der Waals surface area contributed by atoms with E-state index in [0.717, 1.165) is 0 Å². The number of halogens is 3. The second-order valence-corrected chi connectivity index (χ2v) is 2.74. The third kappa shape index (κ3) is 1.54. The number of Topliss-reactive ketones (excluding diaryl/α,β-unsaturated/α-hetero) is 1. The van der Waals surface area contributed by atoms with Crippen LogP contribution in [0, 0.1) is 23.0 Å². The zero-order chi connectivity index (χ0) is 12.5. The van der Waals surface area contributed by atoms with E-state index in [4.69, 9.17) is 10.4 Å². The second-order valence-electron chi connectivity index (χ2n) is 2.74. The molecule has 4 nitrogen and oxygen atoms in total. The number of ketones is 1. The van der Waals surface area contributed by atoms with Gasteiger partial charge in [-0.05, 0) is 0 Å². The quantitative estimate of drug-likeness (QED) is 0.753. The Labute approximate surface area is 87.2 Å².